The molecule has 0 aromatic heterocycles. The fourth-order valence-electron chi connectivity index (χ4n) is 2.58. The topological polar surface area (TPSA) is 0 Å². The monoisotopic (exact) mass is 358 g/mol. The van der Waals surface area contributed by atoms with Crippen molar-refractivity contribution in [1.82, 2.24) is 0 Å². The van der Waals surface area contributed by atoms with Gasteiger partial charge in [-0.1, -0.05) is 68.4 Å². The summed E-state index contributed by atoms with van der Waals surface area (Å²) in [5, 5.41) is 0. The van der Waals surface area contributed by atoms with Crippen molar-refractivity contribution in [2.45, 2.75) is 60.3 Å². The maximum Gasteiger partial charge on any atom is 0.239 e. The molecule has 0 saturated carbocycles. The molecule has 26 heavy (non-hydrogen) atoms. The second kappa shape index (κ2) is 11.5. The molecule has 0 radical (unpaired) electrons. The lowest BCUT2D eigenvalue weighted by molar-refractivity contribution is 0.138. The first kappa shape index (κ1) is 23.9. The zero-order valence-electron chi connectivity index (χ0n) is 16.9. The van der Waals surface area contributed by atoms with E-state index in [2.05, 4.69) is 46.4 Å². The van der Waals surface area contributed by atoms with Gasteiger partial charge in [-0.2, -0.15) is 0 Å². The molecule has 0 fully saturated rings. The Balaban J connectivity index is 5.58. The molecular formula is C24H32F2. The summed E-state index contributed by atoms with van der Waals surface area (Å²) in [7, 11) is 0. The van der Waals surface area contributed by atoms with Crippen LogP contribution in [0.5, 0.6) is 0 Å². The number of hydrogen-bond donors (Lipinski definition) is 0. The highest BCUT2D eigenvalue weighted by Gasteiger charge is 2.11. The number of halogens is 2. The van der Waals surface area contributed by atoms with Gasteiger partial charge in [0.1, 0.15) is 0 Å². The van der Waals surface area contributed by atoms with E-state index in [1.807, 2.05) is 26.0 Å². The molecule has 0 nitrogen and oxygen atoms in total. The molecular weight excluding hydrogens is 326 g/mol. The highest BCUT2D eigenvalue weighted by Crippen LogP contribution is 2.29. The third kappa shape index (κ3) is 8.30. The van der Waals surface area contributed by atoms with Crippen molar-refractivity contribution >= 4 is 0 Å². The van der Waals surface area contributed by atoms with Gasteiger partial charge < -0.3 is 0 Å². The van der Waals surface area contributed by atoms with Gasteiger partial charge in [0.05, 0.1) is 0 Å². The predicted molar refractivity (Wildman–Crippen MR) is 111 cm³/mol. The van der Waals surface area contributed by atoms with Crippen LogP contribution in [0.4, 0.5) is 8.78 Å². The number of hydrogen-bond acceptors (Lipinski definition) is 0. The van der Waals surface area contributed by atoms with Crippen molar-refractivity contribution in [2.75, 3.05) is 0 Å². The Bertz CT molecular complexity index is 673. The van der Waals surface area contributed by atoms with Gasteiger partial charge in [0.2, 0.25) is 6.43 Å². The fraction of sp³-hybridized carbons (Fsp3) is 0.417. The molecule has 0 aromatic rings. The number of rotatable bonds is 10. The van der Waals surface area contributed by atoms with Gasteiger partial charge in [0.15, 0.2) is 0 Å². The van der Waals surface area contributed by atoms with Crippen LogP contribution in [-0.4, -0.2) is 6.43 Å². The fourth-order valence-corrected chi connectivity index (χ4v) is 2.58. The first-order valence-electron chi connectivity index (χ1n) is 8.86. The minimum Gasteiger partial charge on any atom is -0.211 e. The van der Waals surface area contributed by atoms with Crippen LogP contribution in [0, 0.1) is 18.3 Å². The molecule has 0 amide bonds. The number of alkyl halides is 2. The Hall–Kier alpha value is -2.14. The van der Waals surface area contributed by atoms with E-state index in [1.165, 1.54) is 5.57 Å². The summed E-state index contributed by atoms with van der Waals surface area (Å²) in [6, 6.07) is 0. The largest absolute Gasteiger partial charge is 0.239 e. The van der Waals surface area contributed by atoms with E-state index in [0.717, 1.165) is 28.7 Å². The van der Waals surface area contributed by atoms with E-state index in [-0.39, 0.29) is 12.8 Å². The molecule has 0 rings (SSSR count). The SMILES string of the molecule is C#CC(=C)/C(=C\C=C(/C)C/C(=C(\C)C(=C)C(=C)C)C(C)C)CCC(F)F. The molecule has 0 aliphatic carbocycles. The first-order valence-corrected chi connectivity index (χ1v) is 8.86. The summed E-state index contributed by atoms with van der Waals surface area (Å²) in [5.74, 6) is 2.82. The minimum atomic E-state index is -2.35. The molecule has 0 unspecified atom stereocenters. The number of allylic oxidation sites excluding steroid dienone is 9. The molecule has 0 bridgehead atoms. The summed E-state index contributed by atoms with van der Waals surface area (Å²) in [4.78, 5) is 0. The number of terminal acetylenes is 1. The summed E-state index contributed by atoms with van der Waals surface area (Å²) >= 11 is 0. The van der Waals surface area contributed by atoms with Crippen LogP contribution in [0.2, 0.25) is 0 Å². The Labute approximate surface area is 158 Å². The molecule has 0 saturated heterocycles. The molecule has 0 atom stereocenters. The first-order chi connectivity index (χ1) is 12.0. The van der Waals surface area contributed by atoms with Gasteiger partial charge in [-0.05, 0) is 56.3 Å². The van der Waals surface area contributed by atoms with Crippen molar-refractivity contribution in [2.24, 2.45) is 5.92 Å². The van der Waals surface area contributed by atoms with E-state index in [0.29, 0.717) is 17.1 Å². The Morgan fingerprint density at radius 1 is 1.08 bits per heavy atom. The quantitative estimate of drug-likeness (QED) is 0.279. The van der Waals surface area contributed by atoms with Crippen molar-refractivity contribution < 1.29 is 8.78 Å². The zero-order valence-corrected chi connectivity index (χ0v) is 16.9. The van der Waals surface area contributed by atoms with E-state index in [4.69, 9.17) is 6.42 Å². The second-order valence-corrected chi connectivity index (χ2v) is 7.00. The molecule has 142 valence electrons. The smallest absolute Gasteiger partial charge is 0.211 e. The van der Waals surface area contributed by atoms with Crippen molar-refractivity contribution in [3.05, 3.63) is 70.9 Å². The molecule has 0 aliphatic heterocycles. The van der Waals surface area contributed by atoms with Gasteiger partial charge in [-0.15, -0.1) is 6.42 Å². The lowest BCUT2D eigenvalue weighted by Gasteiger charge is -2.18. The third-order valence-electron chi connectivity index (χ3n) is 4.38. The van der Waals surface area contributed by atoms with Crippen LogP contribution < -0.4 is 0 Å². The van der Waals surface area contributed by atoms with Gasteiger partial charge in [-0.3, -0.25) is 0 Å². The van der Waals surface area contributed by atoms with Gasteiger partial charge in [-0.25, -0.2) is 8.78 Å². The normalized spacial score (nSPS) is 13.5. The van der Waals surface area contributed by atoms with Gasteiger partial charge in [0.25, 0.3) is 0 Å². The van der Waals surface area contributed by atoms with Gasteiger partial charge in [0, 0.05) is 12.0 Å². The maximum atomic E-state index is 12.5. The third-order valence-corrected chi connectivity index (χ3v) is 4.38. The van der Waals surface area contributed by atoms with Crippen LogP contribution in [0.25, 0.3) is 0 Å². The summed E-state index contributed by atoms with van der Waals surface area (Å²) < 4.78 is 25.0. The van der Waals surface area contributed by atoms with Gasteiger partial charge >= 0.3 is 0 Å². The van der Waals surface area contributed by atoms with Crippen LogP contribution in [-0.2, 0) is 0 Å². The molecule has 0 N–H and O–H groups in total. The molecule has 2 heteroatoms. The molecule has 0 spiro atoms. The Morgan fingerprint density at radius 2 is 1.65 bits per heavy atom. The van der Waals surface area contributed by atoms with Crippen molar-refractivity contribution in [3.8, 4) is 12.3 Å². The molecule has 0 aliphatic rings. The van der Waals surface area contributed by atoms with Crippen molar-refractivity contribution in [3.63, 3.8) is 0 Å². The average Bonchev–Trinajstić information content (AvgIpc) is 2.56. The lowest BCUT2D eigenvalue weighted by atomic mass is 9.87. The predicted octanol–water partition coefficient (Wildman–Crippen LogP) is 7.59. The Kier molecular flexibility index (Phi) is 10.5. The minimum absolute atomic E-state index is 0.214. The highest BCUT2D eigenvalue weighted by molar-refractivity contribution is 5.46. The van der Waals surface area contributed by atoms with Crippen LogP contribution in [0.3, 0.4) is 0 Å². The maximum absolute atomic E-state index is 12.5. The molecule has 0 heterocycles. The van der Waals surface area contributed by atoms with Crippen LogP contribution in [0.1, 0.15) is 53.9 Å². The molecule has 0 aromatic carbocycles. The zero-order chi connectivity index (χ0) is 20.4. The van der Waals surface area contributed by atoms with Crippen LogP contribution in [0.15, 0.2) is 70.9 Å². The lowest BCUT2D eigenvalue weighted by Crippen LogP contribution is -2.01. The van der Waals surface area contributed by atoms with Crippen molar-refractivity contribution in [1.29, 1.82) is 0 Å². The Morgan fingerprint density at radius 3 is 2.08 bits per heavy atom. The van der Waals surface area contributed by atoms with E-state index in [9.17, 15) is 8.78 Å². The average molecular weight is 359 g/mol. The summed E-state index contributed by atoms with van der Waals surface area (Å²) in [6.45, 7) is 22.2. The standard InChI is InChI=1S/C24H32F2/c1-10-19(7)22(13-14-24(25)26)12-11-18(6)15-23(17(4)5)21(9)20(8)16(2)3/h1,11-12,17,24H,2,7-8,13-15H2,3-6,9H3/b18-11+,22-12-,23-21-. The van der Waals surface area contributed by atoms with E-state index < -0.39 is 6.43 Å². The van der Waals surface area contributed by atoms with E-state index in [1.54, 1.807) is 0 Å². The highest BCUT2D eigenvalue weighted by atomic mass is 19.3. The van der Waals surface area contributed by atoms with Crippen LogP contribution >= 0.6 is 0 Å². The summed E-state index contributed by atoms with van der Waals surface area (Å²) in [6.07, 6.45) is 7.60. The summed E-state index contributed by atoms with van der Waals surface area (Å²) in [5.41, 5.74) is 6.66. The van der Waals surface area contributed by atoms with E-state index >= 15 is 0 Å². The second-order valence-electron chi connectivity index (χ2n) is 7.00.